The van der Waals surface area contributed by atoms with Crippen molar-refractivity contribution in [1.82, 2.24) is 10.2 Å². The second-order valence-electron chi connectivity index (χ2n) is 7.60. The van der Waals surface area contributed by atoms with Gasteiger partial charge in [-0.2, -0.15) is 0 Å². The van der Waals surface area contributed by atoms with Gasteiger partial charge in [-0.05, 0) is 25.0 Å². The minimum absolute atomic E-state index is 0.0944. The van der Waals surface area contributed by atoms with Crippen molar-refractivity contribution in [3.05, 3.63) is 36.3 Å². The molecule has 6 heteroatoms. The monoisotopic (exact) mass is 342 g/mol. The predicted molar refractivity (Wildman–Crippen MR) is 88.2 cm³/mol. The number of hydrogen-bond donors (Lipinski definition) is 1. The van der Waals surface area contributed by atoms with E-state index >= 15 is 0 Å². The van der Waals surface area contributed by atoms with Gasteiger partial charge in [-0.3, -0.25) is 9.59 Å². The SMILES string of the molecule is O=C(NCc1ccco1)[C@@H]1[C@H]2C=C[C@@]3(CN(C4CCCC4)C(=O)[C@@H]13)O2. The van der Waals surface area contributed by atoms with E-state index in [1.165, 1.54) is 12.8 Å². The van der Waals surface area contributed by atoms with Crippen LogP contribution >= 0.6 is 0 Å². The van der Waals surface area contributed by atoms with Gasteiger partial charge in [0.25, 0.3) is 0 Å². The molecule has 2 bridgehead atoms. The molecule has 25 heavy (non-hydrogen) atoms. The van der Waals surface area contributed by atoms with Gasteiger partial charge >= 0.3 is 0 Å². The van der Waals surface area contributed by atoms with Crippen molar-refractivity contribution in [1.29, 1.82) is 0 Å². The number of nitrogens with zero attached hydrogens (tertiary/aromatic N) is 1. The van der Waals surface area contributed by atoms with E-state index in [0.717, 1.165) is 12.8 Å². The number of carbonyl (C=O) groups excluding carboxylic acids is 2. The van der Waals surface area contributed by atoms with Crippen molar-refractivity contribution in [2.24, 2.45) is 11.8 Å². The van der Waals surface area contributed by atoms with E-state index in [4.69, 9.17) is 9.15 Å². The summed E-state index contributed by atoms with van der Waals surface area (Å²) in [6, 6.07) is 3.93. The summed E-state index contributed by atoms with van der Waals surface area (Å²) in [5.74, 6) is -0.164. The van der Waals surface area contributed by atoms with Crippen LogP contribution in [0, 0.1) is 11.8 Å². The first-order chi connectivity index (χ1) is 12.2. The number of fused-ring (bicyclic) bond motifs is 1. The minimum Gasteiger partial charge on any atom is -0.467 e. The van der Waals surface area contributed by atoms with Crippen LogP contribution in [0.25, 0.3) is 0 Å². The number of furan rings is 1. The number of amides is 2. The molecule has 0 unspecified atom stereocenters. The maximum absolute atomic E-state index is 13.1. The highest BCUT2D eigenvalue weighted by Crippen LogP contribution is 2.52. The Kier molecular flexibility index (Phi) is 3.32. The molecule has 1 N–H and O–H groups in total. The Balaban J connectivity index is 1.36. The summed E-state index contributed by atoms with van der Waals surface area (Å²) >= 11 is 0. The average molecular weight is 342 g/mol. The molecule has 1 spiro atoms. The van der Waals surface area contributed by atoms with E-state index in [2.05, 4.69) is 5.32 Å². The van der Waals surface area contributed by atoms with Gasteiger partial charge in [-0.15, -0.1) is 0 Å². The summed E-state index contributed by atoms with van der Waals surface area (Å²) < 4.78 is 11.4. The summed E-state index contributed by atoms with van der Waals surface area (Å²) in [5.41, 5.74) is -0.600. The first kappa shape index (κ1) is 15.2. The third-order valence-corrected chi connectivity index (χ3v) is 6.21. The van der Waals surface area contributed by atoms with Crippen molar-refractivity contribution in [2.75, 3.05) is 6.54 Å². The van der Waals surface area contributed by atoms with Gasteiger partial charge in [0.1, 0.15) is 11.4 Å². The molecular formula is C19H22N2O4. The second-order valence-corrected chi connectivity index (χ2v) is 7.60. The lowest BCUT2D eigenvalue weighted by molar-refractivity contribution is -0.138. The summed E-state index contributed by atoms with van der Waals surface area (Å²) in [7, 11) is 0. The Labute approximate surface area is 146 Å². The van der Waals surface area contributed by atoms with Gasteiger partial charge in [0.15, 0.2) is 0 Å². The number of ether oxygens (including phenoxy) is 1. The lowest BCUT2D eigenvalue weighted by Crippen LogP contribution is -2.44. The zero-order valence-corrected chi connectivity index (χ0v) is 14.0. The molecule has 3 fully saturated rings. The zero-order valence-electron chi connectivity index (χ0n) is 14.0. The standard InChI is InChI=1S/C19H22N2O4/c22-17(20-10-13-6-3-9-24-13)15-14-7-8-19(25-14)11-21(18(23)16(15)19)12-4-1-2-5-12/h3,6-9,12,14-16H,1-2,4-5,10-11H2,(H,20,22)/t14-,15-,16-,19+/m1/s1. The molecular weight excluding hydrogens is 320 g/mol. The maximum Gasteiger partial charge on any atom is 0.230 e. The van der Waals surface area contributed by atoms with Crippen molar-refractivity contribution >= 4 is 11.8 Å². The molecule has 1 aromatic rings. The molecule has 4 heterocycles. The fraction of sp³-hybridized carbons (Fsp3) is 0.579. The molecule has 1 aromatic heterocycles. The van der Waals surface area contributed by atoms with Crippen LogP contribution in [0.5, 0.6) is 0 Å². The van der Waals surface area contributed by atoms with Crippen LogP contribution in [0.4, 0.5) is 0 Å². The molecule has 132 valence electrons. The van der Waals surface area contributed by atoms with Gasteiger partial charge in [0.05, 0.1) is 37.3 Å². The van der Waals surface area contributed by atoms with Crippen LogP contribution in [-0.4, -0.2) is 41.0 Å². The van der Waals surface area contributed by atoms with E-state index in [0.29, 0.717) is 24.9 Å². The topological polar surface area (TPSA) is 71.8 Å². The Morgan fingerprint density at radius 3 is 2.96 bits per heavy atom. The molecule has 0 aromatic carbocycles. The fourth-order valence-electron chi connectivity index (χ4n) is 5.06. The first-order valence-corrected chi connectivity index (χ1v) is 9.16. The van der Waals surface area contributed by atoms with E-state index < -0.39 is 11.5 Å². The molecule has 5 rings (SSSR count). The molecule has 2 saturated heterocycles. The number of rotatable bonds is 4. The summed E-state index contributed by atoms with van der Waals surface area (Å²) in [4.78, 5) is 27.9. The molecule has 1 saturated carbocycles. The minimum atomic E-state index is -0.600. The molecule has 3 aliphatic heterocycles. The van der Waals surface area contributed by atoms with Crippen molar-refractivity contribution in [3.8, 4) is 0 Å². The Morgan fingerprint density at radius 2 is 2.20 bits per heavy atom. The number of nitrogens with one attached hydrogen (secondary N) is 1. The van der Waals surface area contributed by atoms with Crippen LogP contribution in [0.15, 0.2) is 35.0 Å². The van der Waals surface area contributed by atoms with Gasteiger partial charge in [0.2, 0.25) is 11.8 Å². The van der Waals surface area contributed by atoms with E-state index in [9.17, 15) is 9.59 Å². The summed E-state index contributed by atoms with van der Waals surface area (Å²) in [5, 5.41) is 2.91. The molecule has 0 radical (unpaired) electrons. The van der Waals surface area contributed by atoms with Crippen LogP contribution < -0.4 is 5.32 Å². The summed E-state index contributed by atoms with van der Waals surface area (Å²) in [6.45, 7) is 0.926. The van der Waals surface area contributed by atoms with Gasteiger partial charge < -0.3 is 19.4 Å². The fourth-order valence-corrected chi connectivity index (χ4v) is 5.06. The first-order valence-electron chi connectivity index (χ1n) is 9.16. The van der Waals surface area contributed by atoms with Crippen molar-refractivity contribution in [2.45, 2.75) is 50.0 Å². The Hall–Kier alpha value is -2.08. The largest absolute Gasteiger partial charge is 0.467 e. The molecule has 6 nitrogen and oxygen atoms in total. The number of carbonyl (C=O) groups is 2. The Bertz CT molecular complexity index is 722. The number of hydrogen-bond acceptors (Lipinski definition) is 4. The molecule has 2 amide bonds. The highest BCUT2D eigenvalue weighted by Gasteiger charge is 2.67. The van der Waals surface area contributed by atoms with E-state index in [1.54, 1.807) is 12.3 Å². The van der Waals surface area contributed by atoms with Crippen LogP contribution in [0.2, 0.25) is 0 Å². The van der Waals surface area contributed by atoms with Crippen LogP contribution in [-0.2, 0) is 20.9 Å². The lowest BCUT2D eigenvalue weighted by atomic mass is 9.77. The second kappa shape index (κ2) is 5.46. The van der Waals surface area contributed by atoms with Gasteiger partial charge in [-0.25, -0.2) is 0 Å². The number of likely N-dealkylation sites (tertiary alicyclic amines) is 1. The maximum atomic E-state index is 13.1. The Morgan fingerprint density at radius 1 is 1.36 bits per heavy atom. The highest BCUT2D eigenvalue weighted by molar-refractivity contribution is 5.93. The molecule has 1 aliphatic carbocycles. The lowest BCUT2D eigenvalue weighted by Gasteiger charge is -2.26. The molecule has 4 atom stereocenters. The highest BCUT2D eigenvalue weighted by atomic mass is 16.5. The van der Waals surface area contributed by atoms with Gasteiger partial charge in [-0.1, -0.05) is 25.0 Å². The van der Waals surface area contributed by atoms with Crippen molar-refractivity contribution in [3.63, 3.8) is 0 Å². The zero-order chi connectivity index (χ0) is 17.0. The van der Waals surface area contributed by atoms with Crippen molar-refractivity contribution < 1.29 is 18.7 Å². The quantitative estimate of drug-likeness (QED) is 0.844. The van der Waals surface area contributed by atoms with E-state index in [1.807, 2.05) is 23.1 Å². The predicted octanol–water partition coefficient (Wildman–Crippen LogP) is 1.62. The van der Waals surface area contributed by atoms with Crippen LogP contribution in [0.3, 0.4) is 0 Å². The molecule has 4 aliphatic rings. The van der Waals surface area contributed by atoms with Gasteiger partial charge in [0, 0.05) is 6.04 Å². The smallest absolute Gasteiger partial charge is 0.230 e. The normalized spacial score (nSPS) is 36.4. The summed E-state index contributed by atoms with van der Waals surface area (Å²) in [6.07, 6.45) is 9.76. The third-order valence-electron chi connectivity index (χ3n) is 6.21. The van der Waals surface area contributed by atoms with E-state index in [-0.39, 0.29) is 23.8 Å². The third kappa shape index (κ3) is 2.20. The average Bonchev–Trinajstić information content (AvgIpc) is 3.39. The van der Waals surface area contributed by atoms with Crippen LogP contribution in [0.1, 0.15) is 31.4 Å².